The molecule has 2 atom stereocenters. The van der Waals surface area contributed by atoms with Crippen LogP contribution in [0.4, 0.5) is 0 Å². The minimum absolute atomic E-state index is 0.0108. The first-order valence-corrected chi connectivity index (χ1v) is 7.53. The maximum Gasteiger partial charge on any atom is 0.272 e. The third-order valence-corrected chi connectivity index (χ3v) is 4.35. The summed E-state index contributed by atoms with van der Waals surface area (Å²) in [4.78, 5) is 23.3. The maximum atomic E-state index is 12.7. The molecule has 1 aliphatic heterocycles. The van der Waals surface area contributed by atoms with Crippen molar-refractivity contribution in [2.75, 3.05) is 13.1 Å². The Morgan fingerprint density at radius 2 is 2.25 bits per heavy atom. The fourth-order valence-electron chi connectivity index (χ4n) is 2.92. The Labute approximate surface area is 119 Å². The van der Waals surface area contributed by atoms with E-state index in [9.17, 15) is 4.79 Å². The second-order valence-corrected chi connectivity index (χ2v) is 6.09. The molecule has 5 nitrogen and oxygen atoms in total. The molecule has 1 saturated heterocycles. The molecule has 2 heterocycles. The monoisotopic (exact) mass is 274 g/mol. The average Bonchev–Trinajstić information content (AvgIpc) is 3.31. The molecule has 1 aliphatic carbocycles. The summed E-state index contributed by atoms with van der Waals surface area (Å²) in [5.74, 6) is 1.94. The SMILES string of the molecule is CC1CCN(C(=O)c2ccnc(C3CC3)n2)C(CN)C1. The van der Waals surface area contributed by atoms with Crippen molar-refractivity contribution in [1.29, 1.82) is 0 Å². The molecule has 1 aromatic rings. The number of carbonyl (C=O) groups is 1. The number of hydrogen-bond acceptors (Lipinski definition) is 4. The second kappa shape index (κ2) is 5.48. The Bertz CT molecular complexity index is 500. The number of carbonyl (C=O) groups excluding carboxylic acids is 1. The van der Waals surface area contributed by atoms with E-state index in [1.54, 1.807) is 12.3 Å². The molecule has 2 unspecified atom stereocenters. The summed E-state index contributed by atoms with van der Waals surface area (Å²) < 4.78 is 0. The number of nitrogens with zero attached hydrogens (tertiary/aromatic N) is 3. The van der Waals surface area contributed by atoms with Crippen molar-refractivity contribution in [2.24, 2.45) is 11.7 Å². The lowest BCUT2D eigenvalue weighted by atomic mass is 9.92. The second-order valence-electron chi connectivity index (χ2n) is 6.09. The van der Waals surface area contributed by atoms with Gasteiger partial charge in [-0.15, -0.1) is 0 Å². The quantitative estimate of drug-likeness (QED) is 0.907. The van der Waals surface area contributed by atoms with Gasteiger partial charge in [-0.05, 0) is 37.7 Å². The van der Waals surface area contributed by atoms with Crippen molar-refractivity contribution < 1.29 is 4.79 Å². The first-order chi connectivity index (χ1) is 9.69. The molecule has 0 spiro atoms. The fourth-order valence-corrected chi connectivity index (χ4v) is 2.92. The molecule has 0 bridgehead atoms. The molecule has 2 aliphatic rings. The molecule has 1 amide bonds. The van der Waals surface area contributed by atoms with Crippen LogP contribution in [0.2, 0.25) is 0 Å². The van der Waals surface area contributed by atoms with Crippen molar-refractivity contribution in [2.45, 2.75) is 44.6 Å². The first kappa shape index (κ1) is 13.5. The fraction of sp³-hybridized carbons (Fsp3) is 0.667. The first-order valence-electron chi connectivity index (χ1n) is 7.53. The standard InChI is InChI=1S/C15H22N4O/c1-10-5-7-19(12(8-10)9-16)15(20)13-4-6-17-14(18-13)11-2-3-11/h4,6,10-12H,2-3,5,7-9,16H2,1H3. The zero-order valence-corrected chi connectivity index (χ0v) is 12.0. The Hall–Kier alpha value is -1.49. The van der Waals surface area contributed by atoms with E-state index >= 15 is 0 Å². The third kappa shape index (κ3) is 2.68. The molecule has 2 N–H and O–H groups in total. The van der Waals surface area contributed by atoms with Crippen LogP contribution in [0.15, 0.2) is 12.3 Å². The number of rotatable bonds is 3. The van der Waals surface area contributed by atoms with Gasteiger partial charge in [0, 0.05) is 31.2 Å². The third-order valence-electron chi connectivity index (χ3n) is 4.35. The van der Waals surface area contributed by atoms with E-state index in [0.717, 1.165) is 38.1 Å². The summed E-state index contributed by atoms with van der Waals surface area (Å²) in [6.45, 7) is 3.53. The Morgan fingerprint density at radius 1 is 1.45 bits per heavy atom. The lowest BCUT2D eigenvalue weighted by molar-refractivity contribution is 0.0567. The Morgan fingerprint density at radius 3 is 2.95 bits per heavy atom. The minimum atomic E-state index is 0.0108. The van der Waals surface area contributed by atoms with Crippen molar-refractivity contribution >= 4 is 5.91 Å². The number of hydrogen-bond donors (Lipinski definition) is 1. The Kier molecular flexibility index (Phi) is 3.70. The molecule has 20 heavy (non-hydrogen) atoms. The summed E-state index contributed by atoms with van der Waals surface area (Å²) in [5.41, 5.74) is 6.36. The topological polar surface area (TPSA) is 72.1 Å². The van der Waals surface area contributed by atoms with Crippen molar-refractivity contribution in [3.63, 3.8) is 0 Å². The van der Waals surface area contributed by atoms with Gasteiger partial charge in [-0.2, -0.15) is 0 Å². The van der Waals surface area contributed by atoms with E-state index in [4.69, 9.17) is 5.73 Å². The average molecular weight is 274 g/mol. The van der Waals surface area contributed by atoms with E-state index in [2.05, 4.69) is 16.9 Å². The van der Waals surface area contributed by atoms with Crippen molar-refractivity contribution in [1.82, 2.24) is 14.9 Å². The van der Waals surface area contributed by atoms with E-state index in [-0.39, 0.29) is 11.9 Å². The van der Waals surface area contributed by atoms with Crippen molar-refractivity contribution in [3.8, 4) is 0 Å². The van der Waals surface area contributed by atoms with E-state index < -0.39 is 0 Å². The normalized spacial score (nSPS) is 26.6. The molecule has 0 radical (unpaired) electrons. The van der Waals surface area contributed by atoms with Crippen LogP contribution in [0.25, 0.3) is 0 Å². The lowest BCUT2D eigenvalue weighted by Gasteiger charge is -2.37. The van der Waals surface area contributed by atoms with Crippen LogP contribution >= 0.6 is 0 Å². The predicted molar refractivity (Wildman–Crippen MR) is 76.3 cm³/mol. The van der Waals surface area contributed by atoms with E-state index in [1.165, 1.54) is 0 Å². The van der Waals surface area contributed by atoms with Gasteiger partial charge in [-0.3, -0.25) is 4.79 Å². The molecular formula is C15H22N4O. The molecule has 108 valence electrons. The van der Waals surface area contributed by atoms with Gasteiger partial charge in [0.2, 0.25) is 0 Å². The highest BCUT2D eigenvalue weighted by Gasteiger charge is 2.31. The zero-order chi connectivity index (χ0) is 14.1. The molecule has 5 heteroatoms. The molecule has 1 saturated carbocycles. The highest BCUT2D eigenvalue weighted by Crippen LogP contribution is 2.37. The minimum Gasteiger partial charge on any atom is -0.333 e. The zero-order valence-electron chi connectivity index (χ0n) is 12.0. The number of piperidine rings is 1. The number of likely N-dealkylation sites (tertiary alicyclic amines) is 1. The van der Waals surface area contributed by atoms with Gasteiger partial charge >= 0.3 is 0 Å². The molecule has 3 rings (SSSR count). The predicted octanol–water partition coefficient (Wildman–Crippen LogP) is 1.55. The van der Waals surface area contributed by atoms with E-state index in [0.29, 0.717) is 24.1 Å². The van der Waals surface area contributed by atoms with Gasteiger partial charge in [0.05, 0.1) is 0 Å². The lowest BCUT2D eigenvalue weighted by Crippen LogP contribution is -2.49. The van der Waals surface area contributed by atoms with Gasteiger partial charge in [-0.1, -0.05) is 6.92 Å². The van der Waals surface area contributed by atoms with Crippen LogP contribution in [-0.4, -0.2) is 39.9 Å². The van der Waals surface area contributed by atoms with Crippen LogP contribution in [0, 0.1) is 5.92 Å². The van der Waals surface area contributed by atoms with Gasteiger partial charge in [0.1, 0.15) is 11.5 Å². The van der Waals surface area contributed by atoms with Crippen molar-refractivity contribution in [3.05, 3.63) is 23.8 Å². The van der Waals surface area contributed by atoms with Crippen LogP contribution < -0.4 is 5.73 Å². The molecule has 0 aromatic carbocycles. The summed E-state index contributed by atoms with van der Waals surface area (Å²) >= 11 is 0. The van der Waals surface area contributed by atoms with Crippen LogP contribution in [0.1, 0.15) is 54.8 Å². The number of aromatic nitrogens is 2. The van der Waals surface area contributed by atoms with Gasteiger partial charge in [0.15, 0.2) is 0 Å². The molecular weight excluding hydrogens is 252 g/mol. The van der Waals surface area contributed by atoms with E-state index in [1.807, 2.05) is 4.90 Å². The summed E-state index contributed by atoms with van der Waals surface area (Å²) in [5, 5.41) is 0. The molecule has 1 aromatic heterocycles. The van der Waals surface area contributed by atoms with Crippen LogP contribution in [0.3, 0.4) is 0 Å². The smallest absolute Gasteiger partial charge is 0.272 e. The summed E-state index contributed by atoms with van der Waals surface area (Å²) in [6.07, 6.45) is 6.03. The maximum absolute atomic E-state index is 12.7. The molecule has 2 fully saturated rings. The van der Waals surface area contributed by atoms with Crippen LogP contribution in [-0.2, 0) is 0 Å². The number of amides is 1. The van der Waals surface area contributed by atoms with Gasteiger partial charge in [-0.25, -0.2) is 9.97 Å². The Balaban J connectivity index is 1.78. The highest BCUT2D eigenvalue weighted by molar-refractivity contribution is 5.92. The largest absolute Gasteiger partial charge is 0.333 e. The summed E-state index contributed by atoms with van der Waals surface area (Å²) in [7, 11) is 0. The highest BCUT2D eigenvalue weighted by atomic mass is 16.2. The number of nitrogens with two attached hydrogens (primary N) is 1. The summed E-state index contributed by atoms with van der Waals surface area (Å²) in [6, 6.07) is 1.87. The van der Waals surface area contributed by atoms with Gasteiger partial charge in [0.25, 0.3) is 5.91 Å². The van der Waals surface area contributed by atoms with Gasteiger partial charge < -0.3 is 10.6 Å². The van der Waals surface area contributed by atoms with Crippen LogP contribution in [0.5, 0.6) is 0 Å².